The van der Waals surface area contributed by atoms with Gasteiger partial charge in [0, 0.05) is 17.1 Å². The summed E-state index contributed by atoms with van der Waals surface area (Å²) in [6.45, 7) is 2.68. The van der Waals surface area contributed by atoms with Crippen LogP contribution in [-0.2, 0) is 0 Å². The maximum atomic E-state index is 5.78. The Hall–Kier alpha value is -0.680. The topological polar surface area (TPSA) is 24.8 Å². The minimum atomic E-state index is 0.566. The highest BCUT2D eigenvalue weighted by atomic mass is 79.9. The average Bonchev–Trinajstić information content (AvgIpc) is 2.78. The molecule has 1 aromatic carbocycles. The first-order valence-corrected chi connectivity index (χ1v) is 8.15. The molecule has 5 heteroatoms. The zero-order valence-electron chi connectivity index (χ0n) is 10.0. The molecule has 1 unspecified atom stereocenters. The van der Waals surface area contributed by atoms with Gasteiger partial charge in [-0.3, -0.25) is 4.99 Å². The van der Waals surface area contributed by atoms with E-state index in [1.165, 1.54) is 0 Å². The van der Waals surface area contributed by atoms with Crippen LogP contribution >= 0.6 is 27.7 Å². The molecule has 0 aromatic heterocycles. The van der Waals surface area contributed by atoms with Gasteiger partial charge >= 0.3 is 0 Å². The number of fused-ring (bicyclic) bond motifs is 1. The van der Waals surface area contributed by atoms with E-state index in [0.717, 1.165) is 48.1 Å². The Morgan fingerprint density at radius 1 is 1.44 bits per heavy atom. The number of ether oxygens (including phenoxy) is 1. The van der Waals surface area contributed by atoms with Crippen LogP contribution in [0.15, 0.2) is 29.3 Å². The lowest BCUT2D eigenvalue weighted by Crippen LogP contribution is -2.28. The van der Waals surface area contributed by atoms with E-state index < -0.39 is 0 Å². The molecule has 3 nitrogen and oxygen atoms in total. The molecule has 0 N–H and O–H groups in total. The van der Waals surface area contributed by atoms with Gasteiger partial charge in [0.05, 0.1) is 18.8 Å². The number of nitrogens with zero attached hydrogens (tertiary/aromatic N) is 2. The number of rotatable bonds is 1. The first-order valence-electron chi connectivity index (χ1n) is 6.15. The van der Waals surface area contributed by atoms with Gasteiger partial charge in [0.1, 0.15) is 5.75 Å². The Balaban J connectivity index is 1.88. The summed E-state index contributed by atoms with van der Waals surface area (Å²) in [7, 11) is 0. The summed E-state index contributed by atoms with van der Waals surface area (Å²) in [6, 6.07) is 8.23. The molecule has 3 rings (SSSR count). The van der Waals surface area contributed by atoms with Crippen LogP contribution in [0.3, 0.4) is 0 Å². The van der Waals surface area contributed by atoms with Crippen molar-refractivity contribution in [1.29, 1.82) is 0 Å². The highest BCUT2D eigenvalue weighted by Gasteiger charge is 2.26. The molecule has 0 saturated carbocycles. The highest BCUT2D eigenvalue weighted by molar-refractivity contribution is 9.09. The number of alkyl halides is 1. The van der Waals surface area contributed by atoms with Crippen molar-refractivity contribution in [3.8, 4) is 5.75 Å². The number of para-hydroxylation sites is 2. The van der Waals surface area contributed by atoms with Crippen LogP contribution in [0.2, 0.25) is 0 Å². The van der Waals surface area contributed by atoms with Crippen LogP contribution < -0.4 is 9.64 Å². The van der Waals surface area contributed by atoms with Gasteiger partial charge in [-0.1, -0.05) is 39.8 Å². The number of hydrogen-bond donors (Lipinski definition) is 0. The summed E-state index contributed by atoms with van der Waals surface area (Å²) >= 11 is 5.40. The van der Waals surface area contributed by atoms with E-state index in [0.29, 0.717) is 5.25 Å². The van der Waals surface area contributed by atoms with Crippen LogP contribution in [0.5, 0.6) is 5.75 Å². The molecule has 0 bridgehead atoms. The monoisotopic (exact) mass is 326 g/mol. The van der Waals surface area contributed by atoms with Crippen molar-refractivity contribution >= 4 is 38.5 Å². The normalized spacial score (nSPS) is 23.1. The van der Waals surface area contributed by atoms with Gasteiger partial charge in [-0.15, -0.1) is 0 Å². The maximum Gasteiger partial charge on any atom is 0.164 e. The van der Waals surface area contributed by atoms with Gasteiger partial charge in [0.2, 0.25) is 0 Å². The third-order valence-electron chi connectivity index (χ3n) is 3.04. The summed E-state index contributed by atoms with van der Waals surface area (Å²) < 4.78 is 5.78. The Kier molecular flexibility index (Phi) is 3.80. The number of aliphatic imine (C=N–C) groups is 1. The third-order valence-corrected chi connectivity index (χ3v) is 5.46. The molecule has 2 aliphatic rings. The molecule has 2 heterocycles. The van der Waals surface area contributed by atoms with Gasteiger partial charge in [-0.05, 0) is 18.6 Å². The largest absolute Gasteiger partial charge is 0.491 e. The lowest BCUT2D eigenvalue weighted by molar-refractivity contribution is 0.322. The van der Waals surface area contributed by atoms with Gasteiger partial charge in [-0.25, -0.2) is 0 Å². The van der Waals surface area contributed by atoms with E-state index in [9.17, 15) is 0 Å². The summed E-state index contributed by atoms with van der Waals surface area (Å²) in [5.74, 6) is 0.973. The number of thioether (sulfide) groups is 1. The molecule has 0 saturated heterocycles. The third kappa shape index (κ3) is 2.38. The summed E-state index contributed by atoms with van der Waals surface area (Å²) in [4.78, 5) is 6.97. The molecule has 0 spiro atoms. The lowest BCUT2D eigenvalue weighted by Gasteiger charge is -2.23. The molecule has 0 aliphatic carbocycles. The first kappa shape index (κ1) is 12.4. The van der Waals surface area contributed by atoms with Crippen molar-refractivity contribution in [3.05, 3.63) is 24.3 Å². The molecule has 0 fully saturated rings. The highest BCUT2D eigenvalue weighted by Crippen LogP contribution is 2.35. The summed E-state index contributed by atoms with van der Waals surface area (Å²) in [5.41, 5.74) is 1.15. The van der Waals surface area contributed by atoms with Gasteiger partial charge in [0.25, 0.3) is 0 Å². The smallest absolute Gasteiger partial charge is 0.164 e. The molecule has 1 atom stereocenters. The Morgan fingerprint density at radius 3 is 3.17 bits per heavy atom. The fourth-order valence-electron chi connectivity index (χ4n) is 2.16. The van der Waals surface area contributed by atoms with E-state index in [4.69, 9.17) is 4.74 Å². The Bertz CT molecular complexity index is 466. The van der Waals surface area contributed by atoms with E-state index in [1.54, 1.807) is 0 Å². The summed E-state index contributed by atoms with van der Waals surface area (Å²) in [6.07, 6.45) is 1.03. The predicted molar refractivity (Wildman–Crippen MR) is 81.4 cm³/mol. The van der Waals surface area contributed by atoms with Crippen LogP contribution in [0, 0.1) is 0 Å². The zero-order chi connectivity index (χ0) is 12.4. The quantitative estimate of drug-likeness (QED) is 0.741. The van der Waals surface area contributed by atoms with E-state index in [2.05, 4.69) is 38.0 Å². The SMILES string of the molecule is BrCC1CN=C(N2CCCOc3ccccc32)S1. The molecular formula is C13H15BrN2OS. The minimum absolute atomic E-state index is 0.566. The average molecular weight is 327 g/mol. The number of amidine groups is 1. The second-order valence-electron chi connectivity index (χ2n) is 4.34. The van der Waals surface area contributed by atoms with Crippen molar-refractivity contribution < 1.29 is 4.74 Å². The van der Waals surface area contributed by atoms with Gasteiger partial charge in [0.15, 0.2) is 5.17 Å². The van der Waals surface area contributed by atoms with Crippen LogP contribution in [-0.4, -0.2) is 35.4 Å². The zero-order valence-corrected chi connectivity index (χ0v) is 12.4. The summed E-state index contributed by atoms with van der Waals surface area (Å²) in [5, 5.41) is 2.70. The minimum Gasteiger partial charge on any atom is -0.491 e. The number of hydrogen-bond acceptors (Lipinski definition) is 4. The van der Waals surface area contributed by atoms with Crippen molar-refractivity contribution in [1.82, 2.24) is 0 Å². The first-order chi connectivity index (χ1) is 8.88. The molecule has 2 aliphatic heterocycles. The number of halogens is 1. The van der Waals surface area contributed by atoms with Crippen molar-refractivity contribution in [2.24, 2.45) is 4.99 Å². The molecular weight excluding hydrogens is 312 g/mol. The Labute approximate surface area is 120 Å². The fourth-order valence-corrected chi connectivity index (χ4v) is 3.74. The Morgan fingerprint density at radius 2 is 2.33 bits per heavy atom. The number of anilines is 1. The number of benzene rings is 1. The van der Waals surface area contributed by atoms with Crippen molar-refractivity contribution in [2.75, 3.05) is 29.9 Å². The molecule has 0 radical (unpaired) electrons. The fraction of sp³-hybridized carbons (Fsp3) is 0.462. The predicted octanol–water partition coefficient (Wildman–Crippen LogP) is 3.14. The molecule has 18 heavy (non-hydrogen) atoms. The molecule has 1 aromatic rings. The van der Waals surface area contributed by atoms with Crippen molar-refractivity contribution in [3.63, 3.8) is 0 Å². The van der Waals surface area contributed by atoms with Crippen LogP contribution in [0.1, 0.15) is 6.42 Å². The van der Waals surface area contributed by atoms with Crippen LogP contribution in [0.25, 0.3) is 0 Å². The van der Waals surface area contributed by atoms with E-state index in [1.807, 2.05) is 23.9 Å². The standard InChI is InChI=1S/C13H15BrN2OS/c14-8-10-9-15-13(18-10)16-6-3-7-17-12-5-2-1-4-11(12)16/h1-2,4-5,10H,3,6-9H2. The second-order valence-corrected chi connectivity index (χ2v) is 6.25. The maximum absolute atomic E-state index is 5.78. The van der Waals surface area contributed by atoms with E-state index in [-0.39, 0.29) is 0 Å². The van der Waals surface area contributed by atoms with Gasteiger partial charge in [-0.2, -0.15) is 0 Å². The second kappa shape index (κ2) is 5.53. The van der Waals surface area contributed by atoms with Gasteiger partial charge < -0.3 is 9.64 Å². The van der Waals surface area contributed by atoms with E-state index >= 15 is 0 Å². The molecule has 0 amide bonds. The molecule has 96 valence electrons. The lowest BCUT2D eigenvalue weighted by atomic mass is 10.2. The van der Waals surface area contributed by atoms with Crippen LogP contribution in [0.4, 0.5) is 5.69 Å². The van der Waals surface area contributed by atoms with Crippen molar-refractivity contribution in [2.45, 2.75) is 11.7 Å².